The number of thioether (sulfide) groups is 1. The van der Waals surface area contributed by atoms with E-state index in [1.807, 2.05) is 12.1 Å². The van der Waals surface area contributed by atoms with Crippen LogP contribution in [0, 0.1) is 0 Å². The Labute approximate surface area is 110 Å². The molecule has 0 saturated heterocycles. The molecule has 0 aliphatic rings. The van der Waals surface area contributed by atoms with Gasteiger partial charge in [-0.1, -0.05) is 13.0 Å². The molecule has 1 aromatic heterocycles. The van der Waals surface area contributed by atoms with Gasteiger partial charge < -0.3 is 5.11 Å². The first-order chi connectivity index (χ1) is 8.70. The maximum Gasteiger partial charge on any atom is 0.304 e. The van der Waals surface area contributed by atoms with Crippen LogP contribution in [-0.2, 0) is 11.2 Å². The first-order valence-electron chi connectivity index (χ1n) is 5.93. The van der Waals surface area contributed by atoms with Crippen LogP contribution in [0.15, 0.2) is 35.4 Å². The van der Waals surface area contributed by atoms with Crippen LogP contribution in [0.4, 0.5) is 0 Å². The highest BCUT2D eigenvalue weighted by Crippen LogP contribution is 2.27. The summed E-state index contributed by atoms with van der Waals surface area (Å²) in [6.07, 6.45) is 2.95. The van der Waals surface area contributed by atoms with Crippen molar-refractivity contribution in [2.75, 3.05) is 5.75 Å². The first kappa shape index (κ1) is 12.9. The molecule has 1 aromatic carbocycles. The molecule has 0 unspecified atom stereocenters. The van der Waals surface area contributed by atoms with E-state index in [0.717, 1.165) is 22.2 Å². The third-order valence-electron chi connectivity index (χ3n) is 2.75. The fraction of sp³-hybridized carbons (Fsp3) is 0.286. The van der Waals surface area contributed by atoms with Crippen molar-refractivity contribution in [2.45, 2.75) is 24.7 Å². The van der Waals surface area contributed by atoms with Crippen molar-refractivity contribution >= 4 is 28.6 Å². The van der Waals surface area contributed by atoms with Gasteiger partial charge in [0.15, 0.2) is 0 Å². The second-order valence-corrected chi connectivity index (χ2v) is 5.14. The monoisotopic (exact) mass is 261 g/mol. The standard InChI is InChI=1S/C14H15NO2S/c1-2-10-3-4-12-11(9-10)13(5-7-15-12)18-8-6-14(16)17/h3-5,7,9H,2,6,8H2,1H3,(H,16,17). The second-order valence-electron chi connectivity index (χ2n) is 4.01. The fourth-order valence-electron chi connectivity index (χ4n) is 1.76. The van der Waals surface area contributed by atoms with Gasteiger partial charge in [0.1, 0.15) is 0 Å². The second kappa shape index (κ2) is 5.87. The van der Waals surface area contributed by atoms with Crippen molar-refractivity contribution < 1.29 is 9.90 Å². The van der Waals surface area contributed by atoms with Gasteiger partial charge in [0.25, 0.3) is 0 Å². The molecule has 0 fully saturated rings. The van der Waals surface area contributed by atoms with Crippen molar-refractivity contribution in [2.24, 2.45) is 0 Å². The molecule has 0 radical (unpaired) electrons. The van der Waals surface area contributed by atoms with Crippen molar-refractivity contribution in [1.82, 2.24) is 4.98 Å². The van der Waals surface area contributed by atoms with Crippen molar-refractivity contribution in [3.8, 4) is 0 Å². The molecule has 0 spiro atoms. The molecule has 1 N–H and O–H groups in total. The lowest BCUT2D eigenvalue weighted by atomic mass is 10.1. The number of pyridine rings is 1. The molecule has 4 heteroatoms. The highest BCUT2D eigenvalue weighted by atomic mass is 32.2. The summed E-state index contributed by atoms with van der Waals surface area (Å²) in [5.74, 6) is -0.166. The Morgan fingerprint density at radius 3 is 2.94 bits per heavy atom. The van der Waals surface area contributed by atoms with E-state index in [0.29, 0.717) is 5.75 Å². The third kappa shape index (κ3) is 3.01. The molecule has 0 aliphatic heterocycles. The number of rotatable bonds is 5. The minimum atomic E-state index is -0.755. The topological polar surface area (TPSA) is 50.2 Å². The highest BCUT2D eigenvalue weighted by Gasteiger charge is 2.05. The Bertz CT molecular complexity index is 569. The number of hydrogen-bond donors (Lipinski definition) is 1. The Kier molecular flexibility index (Phi) is 4.20. The molecule has 18 heavy (non-hydrogen) atoms. The quantitative estimate of drug-likeness (QED) is 0.838. The lowest BCUT2D eigenvalue weighted by molar-refractivity contribution is -0.136. The molecule has 0 saturated carbocycles. The van der Waals surface area contributed by atoms with Gasteiger partial charge in [-0.25, -0.2) is 0 Å². The van der Waals surface area contributed by atoms with Gasteiger partial charge in [-0.2, -0.15) is 0 Å². The van der Waals surface area contributed by atoms with Crippen LogP contribution in [0.25, 0.3) is 10.9 Å². The number of carboxylic acid groups (broad SMARTS) is 1. The summed E-state index contributed by atoms with van der Waals surface area (Å²) < 4.78 is 0. The minimum absolute atomic E-state index is 0.182. The Morgan fingerprint density at radius 1 is 1.39 bits per heavy atom. The average Bonchev–Trinajstić information content (AvgIpc) is 2.38. The van der Waals surface area contributed by atoms with Gasteiger partial charge in [-0.3, -0.25) is 9.78 Å². The molecule has 0 bridgehead atoms. The van der Waals surface area contributed by atoms with Crippen LogP contribution in [0.2, 0.25) is 0 Å². The summed E-state index contributed by atoms with van der Waals surface area (Å²) in [6, 6.07) is 8.20. The van der Waals surface area contributed by atoms with Gasteiger partial charge in [-0.15, -0.1) is 11.8 Å². The number of hydrogen-bond acceptors (Lipinski definition) is 3. The number of carbonyl (C=O) groups is 1. The summed E-state index contributed by atoms with van der Waals surface area (Å²) in [6.45, 7) is 2.12. The normalized spacial score (nSPS) is 10.7. The van der Waals surface area contributed by atoms with Crippen molar-refractivity contribution in [1.29, 1.82) is 0 Å². The van der Waals surface area contributed by atoms with Crippen molar-refractivity contribution in [3.05, 3.63) is 36.0 Å². The van der Waals surface area contributed by atoms with E-state index in [9.17, 15) is 4.79 Å². The number of aryl methyl sites for hydroxylation is 1. The molecular formula is C14H15NO2S. The van der Waals surface area contributed by atoms with E-state index < -0.39 is 5.97 Å². The predicted molar refractivity (Wildman–Crippen MR) is 74.1 cm³/mol. The van der Waals surface area contributed by atoms with E-state index in [4.69, 9.17) is 5.11 Å². The van der Waals surface area contributed by atoms with Gasteiger partial charge in [0, 0.05) is 22.2 Å². The van der Waals surface area contributed by atoms with Crippen LogP contribution >= 0.6 is 11.8 Å². The number of aromatic nitrogens is 1. The molecule has 3 nitrogen and oxygen atoms in total. The summed E-state index contributed by atoms with van der Waals surface area (Å²) in [7, 11) is 0. The lowest BCUT2D eigenvalue weighted by Gasteiger charge is -2.06. The van der Waals surface area contributed by atoms with Gasteiger partial charge in [-0.05, 0) is 30.2 Å². The summed E-state index contributed by atoms with van der Waals surface area (Å²) >= 11 is 1.58. The molecule has 0 atom stereocenters. The predicted octanol–water partition coefficient (Wildman–Crippen LogP) is 3.36. The zero-order valence-electron chi connectivity index (χ0n) is 10.2. The van der Waals surface area contributed by atoms with E-state index in [2.05, 4.69) is 24.0 Å². The van der Waals surface area contributed by atoms with E-state index in [-0.39, 0.29) is 6.42 Å². The zero-order valence-corrected chi connectivity index (χ0v) is 11.0. The van der Waals surface area contributed by atoms with Crippen LogP contribution < -0.4 is 0 Å². The average molecular weight is 261 g/mol. The maximum atomic E-state index is 10.5. The number of benzene rings is 1. The molecule has 2 rings (SSSR count). The Balaban J connectivity index is 2.28. The van der Waals surface area contributed by atoms with Crippen LogP contribution in [0.5, 0.6) is 0 Å². The number of aliphatic carboxylic acids is 1. The molecule has 0 aliphatic carbocycles. The SMILES string of the molecule is CCc1ccc2nccc(SCCC(=O)O)c2c1. The van der Waals surface area contributed by atoms with E-state index >= 15 is 0 Å². The summed E-state index contributed by atoms with van der Waals surface area (Å²) in [4.78, 5) is 16.0. The van der Waals surface area contributed by atoms with Gasteiger partial charge in [0.05, 0.1) is 11.9 Å². The Morgan fingerprint density at radius 2 is 2.22 bits per heavy atom. The summed E-state index contributed by atoms with van der Waals surface area (Å²) in [5.41, 5.74) is 2.24. The Hall–Kier alpha value is -1.55. The summed E-state index contributed by atoms with van der Waals surface area (Å²) in [5, 5.41) is 9.78. The number of carboxylic acids is 1. The third-order valence-corrected chi connectivity index (χ3v) is 3.82. The smallest absolute Gasteiger partial charge is 0.304 e. The van der Waals surface area contributed by atoms with Crippen molar-refractivity contribution in [3.63, 3.8) is 0 Å². The minimum Gasteiger partial charge on any atom is -0.481 e. The van der Waals surface area contributed by atoms with E-state index in [1.54, 1.807) is 18.0 Å². The van der Waals surface area contributed by atoms with Crippen LogP contribution in [-0.4, -0.2) is 21.8 Å². The fourth-order valence-corrected chi connectivity index (χ4v) is 2.73. The molecule has 2 aromatic rings. The van der Waals surface area contributed by atoms with Gasteiger partial charge >= 0.3 is 5.97 Å². The largest absolute Gasteiger partial charge is 0.481 e. The molecule has 1 heterocycles. The lowest BCUT2D eigenvalue weighted by Crippen LogP contribution is -1.96. The molecule has 0 amide bonds. The number of nitrogens with zero attached hydrogens (tertiary/aromatic N) is 1. The highest BCUT2D eigenvalue weighted by molar-refractivity contribution is 7.99. The van der Waals surface area contributed by atoms with E-state index in [1.165, 1.54) is 5.56 Å². The van der Waals surface area contributed by atoms with Crippen LogP contribution in [0.3, 0.4) is 0 Å². The first-order valence-corrected chi connectivity index (χ1v) is 6.91. The number of fused-ring (bicyclic) bond motifs is 1. The molecular weight excluding hydrogens is 246 g/mol. The zero-order chi connectivity index (χ0) is 13.0. The maximum absolute atomic E-state index is 10.5. The van der Waals surface area contributed by atoms with Crippen LogP contribution in [0.1, 0.15) is 18.9 Å². The molecule has 94 valence electrons. The van der Waals surface area contributed by atoms with Gasteiger partial charge in [0.2, 0.25) is 0 Å².